The zero-order valence-electron chi connectivity index (χ0n) is 16.5. The zero-order chi connectivity index (χ0) is 22.0. The van der Waals surface area contributed by atoms with E-state index < -0.39 is 18.9 Å². The number of anilines is 1. The van der Waals surface area contributed by atoms with Gasteiger partial charge in [0.2, 0.25) is 5.91 Å². The number of likely N-dealkylation sites (tertiary alicyclic amines) is 1. The van der Waals surface area contributed by atoms with E-state index in [1.807, 2.05) is 6.07 Å². The molecule has 0 unspecified atom stereocenters. The van der Waals surface area contributed by atoms with Crippen LogP contribution in [0.15, 0.2) is 24.3 Å². The fourth-order valence-electron chi connectivity index (χ4n) is 3.49. The number of nitrogens with zero attached hydrogens (tertiary/aromatic N) is 5. The van der Waals surface area contributed by atoms with Crippen molar-refractivity contribution in [2.75, 3.05) is 25.0 Å². The van der Waals surface area contributed by atoms with Crippen LogP contribution in [0.4, 0.5) is 23.7 Å². The van der Waals surface area contributed by atoms with Crippen LogP contribution in [0, 0.1) is 5.92 Å². The van der Waals surface area contributed by atoms with Crippen molar-refractivity contribution in [3.8, 4) is 11.4 Å². The molecule has 1 N–H and O–H groups in total. The van der Waals surface area contributed by atoms with Crippen LogP contribution in [0.5, 0.6) is 0 Å². The second-order valence-electron chi connectivity index (χ2n) is 7.68. The highest BCUT2D eigenvalue weighted by Crippen LogP contribution is 2.36. The first kappa shape index (κ1) is 21.1. The third-order valence-corrected chi connectivity index (χ3v) is 5.26. The maximum atomic E-state index is 12.6. The topological polar surface area (TPSA) is 102 Å². The minimum absolute atomic E-state index is 0.158. The van der Waals surface area contributed by atoms with Crippen LogP contribution < -0.4 is 5.32 Å². The number of ether oxygens (including phenoxy) is 1. The van der Waals surface area contributed by atoms with Gasteiger partial charge in [-0.3, -0.25) is 4.79 Å². The molecule has 0 radical (unpaired) electrons. The van der Waals surface area contributed by atoms with E-state index in [4.69, 9.17) is 0 Å². The Labute approximate surface area is 175 Å². The maximum absolute atomic E-state index is 12.6. The first-order chi connectivity index (χ1) is 14.8. The lowest BCUT2D eigenvalue weighted by Gasteiger charge is -2.30. The van der Waals surface area contributed by atoms with Crippen molar-refractivity contribution in [2.45, 2.75) is 37.9 Å². The van der Waals surface area contributed by atoms with Crippen LogP contribution in [0.3, 0.4) is 0 Å². The van der Waals surface area contributed by atoms with Crippen molar-refractivity contribution in [3.63, 3.8) is 0 Å². The molecule has 1 saturated carbocycles. The lowest BCUT2D eigenvalue weighted by Crippen LogP contribution is -2.42. The summed E-state index contributed by atoms with van der Waals surface area (Å²) in [5.74, 6) is 0.0821. The highest BCUT2D eigenvalue weighted by Gasteiger charge is 2.33. The summed E-state index contributed by atoms with van der Waals surface area (Å²) in [4.78, 5) is 25.6. The fourth-order valence-corrected chi connectivity index (χ4v) is 3.49. The van der Waals surface area contributed by atoms with Gasteiger partial charge in [0.05, 0.1) is 6.04 Å². The van der Waals surface area contributed by atoms with E-state index in [2.05, 4.69) is 25.6 Å². The average molecular weight is 438 g/mol. The molecule has 0 atom stereocenters. The third-order valence-electron chi connectivity index (χ3n) is 5.26. The van der Waals surface area contributed by atoms with Crippen molar-refractivity contribution >= 4 is 17.7 Å². The van der Waals surface area contributed by atoms with Gasteiger partial charge in [-0.25, -0.2) is 9.48 Å². The van der Waals surface area contributed by atoms with Gasteiger partial charge in [-0.2, -0.15) is 13.2 Å². The van der Waals surface area contributed by atoms with Gasteiger partial charge in [-0.15, -0.1) is 5.10 Å². The molecule has 1 saturated heterocycles. The van der Waals surface area contributed by atoms with E-state index in [-0.39, 0.29) is 24.9 Å². The number of piperidine rings is 1. The molecular weight excluding hydrogens is 417 g/mol. The smallest absolute Gasteiger partial charge is 0.422 e. The normalized spacial score (nSPS) is 17.5. The number of benzene rings is 1. The number of nitrogens with one attached hydrogen (secondary N) is 1. The van der Waals surface area contributed by atoms with Gasteiger partial charge >= 0.3 is 12.3 Å². The molecule has 4 rings (SSSR count). The maximum Gasteiger partial charge on any atom is 0.422 e. The molecule has 31 heavy (non-hydrogen) atoms. The van der Waals surface area contributed by atoms with Crippen molar-refractivity contribution in [1.29, 1.82) is 0 Å². The number of halogens is 3. The zero-order valence-corrected chi connectivity index (χ0v) is 16.5. The molecule has 0 bridgehead atoms. The molecule has 0 spiro atoms. The SMILES string of the molecule is O=C(Nc1cccc(-c2nnnn2C2CC2)c1)C1CCN(C(=O)OCC(F)(F)F)CC1. The summed E-state index contributed by atoms with van der Waals surface area (Å²) in [5, 5.41) is 14.7. The summed E-state index contributed by atoms with van der Waals surface area (Å²) in [6.45, 7) is -1.30. The molecular formula is C19H21F3N6O3. The monoisotopic (exact) mass is 438 g/mol. The summed E-state index contributed by atoms with van der Waals surface area (Å²) in [6.07, 6.45) is -2.82. The number of rotatable bonds is 5. The first-order valence-corrected chi connectivity index (χ1v) is 9.98. The van der Waals surface area contributed by atoms with Gasteiger partial charge in [-0.05, 0) is 48.2 Å². The highest BCUT2D eigenvalue weighted by molar-refractivity contribution is 5.93. The van der Waals surface area contributed by atoms with Gasteiger partial charge < -0.3 is 15.0 Å². The van der Waals surface area contributed by atoms with Crippen LogP contribution in [-0.2, 0) is 9.53 Å². The van der Waals surface area contributed by atoms with Crippen molar-refractivity contribution in [2.24, 2.45) is 5.92 Å². The summed E-state index contributed by atoms with van der Waals surface area (Å²) in [5.41, 5.74) is 1.39. The second-order valence-corrected chi connectivity index (χ2v) is 7.68. The Kier molecular flexibility index (Phi) is 5.79. The van der Waals surface area contributed by atoms with E-state index in [0.29, 0.717) is 30.4 Å². The number of carbonyl (C=O) groups excluding carboxylic acids is 2. The Bertz CT molecular complexity index is 951. The standard InChI is InChI=1S/C19H21F3N6O3/c20-19(21,22)11-31-18(30)27-8-6-12(7-9-27)17(29)23-14-3-1-2-13(10-14)16-24-25-26-28(16)15-4-5-15/h1-3,10,12,15H,4-9,11H2,(H,23,29). The molecule has 2 heterocycles. The lowest BCUT2D eigenvalue weighted by molar-refractivity contribution is -0.162. The van der Waals surface area contributed by atoms with Crippen LogP contribution >= 0.6 is 0 Å². The van der Waals surface area contributed by atoms with Gasteiger partial charge in [0.1, 0.15) is 0 Å². The predicted molar refractivity (Wildman–Crippen MR) is 102 cm³/mol. The summed E-state index contributed by atoms with van der Waals surface area (Å²) < 4.78 is 42.6. The Hall–Kier alpha value is -3.18. The number of amides is 2. The van der Waals surface area contributed by atoms with E-state index >= 15 is 0 Å². The molecule has 1 aliphatic heterocycles. The van der Waals surface area contributed by atoms with E-state index in [0.717, 1.165) is 18.4 Å². The van der Waals surface area contributed by atoms with Crippen LogP contribution in [-0.4, -0.2) is 63.0 Å². The van der Waals surface area contributed by atoms with Crippen molar-refractivity contribution in [1.82, 2.24) is 25.1 Å². The molecule has 2 aromatic rings. The molecule has 2 fully saturated rings. The van der Waals surface area contributed by atoms with Crippen LogP contribution in [0.25, 0.3) is 11.4 Å². The number of alkyl halides is 3. The highest BCUT2D eigenvalue weighted by atomic mass is 19.4. The van der Waals surface area contributed by atoms with Crippen molar-refractivity contribution < 1.29 is 27.5 Å². The average Bonchev–Trinajstić information content (AvgIpc) is 3.48. The molecule has 166 valence electrons. The van der Waals surface area contributed by atoms with E-state index in [9.17, 15) is 22.8 Å². The van der Waals surface area contributed by atoms with Crippen molar-refractivity contribution in [3.05, 3.63) is 24.3 Å². The Morgan fingerprint density at radius 2 is 1.90 bits per heavy atom. The minimum Gasteiger partial charge on any atom is -0.440 e. The number of hydrogen-bond acceptors (Lipinski definition) is 6. The molecule has 1 aromatic carbocycles. The van der Waals surface area contributed by atoms with Crippen LogP contribution in [0.1, 0.15) is 31.7 Å². The fraction of sp³-hybridized carbons (Fsp3) is 0.526. The minimum atomic E-state index is -4.57. The largest absolute Gasteiger partial charge is 0.440 e. The molecule has 9 nitrogen and oxygen atoms in total. The lowest BCUT2D eigenvalue weighted by atomic mass is 9.96. The van der Waals surface area contributed by atoms with Gasteiger partial charge in [-0.1, -0.05) is 12.1 Å². The molecule has 12 heteroatoms. The van der Waals surface area contributed by atoms with E-state index in [1.165, 1.54) is 4.90 Å². The number of carbonyl (C=O) groups is 2. The predicted octanol–water partition coefficient (Wildman–Crippen LogP) is 3.02. The summed E-state index contributed by atoms with van der Waals surface area (Å²) >= 11 is 0. The Morgan fingerprint density at radius 3 is 2.58 bits per heavy atom. The number of aromatic nitrogens is 4. The molecule has 2 amide bonds. The Balaban J connectivity index is 1.31. The number of tetrazole rings is 1. The summed E-state index contributed by atoms with van der Waals surface area (Å²) in [7, 11) is 0. The van der Waals surface area contributed by atoms with E-state index in [1.54, 1.807) is 22.9 Å². The quantitative estimate of drug-likeness (QED) is 0.770. The third kappa shape index (κ3) is 5.30. The molecule has 1 aliphatic carbocycles. The summed E-state index contributed by atoms with van der Waals surface area (Å²) in [6, 6.07) is 7.54. The molecule has 1 aromatic heterocycles. The van der Waals surface area contributed by atoms with Gasteiger partial charge in [0.15, 0.2) is 12.4 Å². The second kappa shape index (κ2) is 8.52. The van der Waals surface area contributed by atoms with Crippen LogP contribution in [0.2, 0.25) is 0 Å². The van der Waals surface area contributed by atoms with Gasteiger partial charge in [0.25, 0.3) is 0 Å². The van der Waals surface area contributed by atoms with Gasteiger partial charge in [0, 0.05) is 30.3 Å². The molecule has 2 aliphatic rings. The first-order valence-electron chi connectivity index (χ1n) is 9.98. The number of hydrogen-bond donors (Lipinski definition) is 1. The Morgan fingerprint density at radius 1 is 1.16 bits per heavy atom.